The summed E-state index contributed by atoms with van der Waals surface area (Å²) in [5.41, 5.74) is 5.84. The van der Waals surface area contributed by atoms with E-state index in [-0.39, 0.29) is 11.9 Å². The third-order valence-electron chi connectivity index (χ3n) is 2.30. The van der Waals surface area contributed by atoms with Crippen molar-refractivity contribution in [3.8, 4) is 0 Å². The molecule has 0 aliphatic carbocycles. The Balaban J connectivity index is 2.59. The van der Waals surface area contributed by atoms with Crippen molar-refractivity contribution >= 4 is 11.6 Å². The van der Waals surface area contributed by atoms with E-state index in [2.05, 4.69) is 5.73 Å². The normalized spacial score (nSPS) is 21.3. The molecule has 0 saturated carbocycles. The molecule has 0 bridgehead atoms. The number of para-hydroxylation sites is 1. The zero-order valence-electron chi connectivity index (χ0n) is 6.95. The topological polar surface area (TPSA) is 48.0 Å². The van der Waals surface area contributed by atoms with Crippen LogP contribution in [0.2, 0.25) is 0 Å². The van der Waals surface area contributed by atoms with E-state index in [4.69, 9.17) is 0 Å². The van der Waals surface area contributed by atoms with Crippen LogP contribution < -0.4 is 10.6 Å². The minimum atomic E-state index is -0.216. The highest BCUT2D eigenvalue weighted by molar-refractivity contribution is 6.03. The summed E-state index contributed by atoms with van der Waals surface area (Å²) in [7, 11) is 1.78. The molecule has 12 heavy (non-hydrogen) atoms. The lowest BCUT2D eigenvalue weighted by molar-refractivity contribution is -0.407. The van der Waals surface area contributed by atoms with Crippen molar-refractivity contribution in [3.05, 3.63) is 29.8 Å². The standard InChI is InChI=1S/C9H10N2O/c1-11-7-5-3-2-4-6(7)8(10)9(11)12/h2-5,8H,10H2,1H3/p+1/t8-/m1/s1. The van der Waals surface area contributed by atoms with Crippen molar-refractivity contribution in [2.45, 2.75) is 6.04 Å². The highest BCUT2D eigenvalue weighted by Gasteiger charge is 2.34. The Labute approximate surface area is 70.8 Å². The van der Waals surface area contributed by atoms with Crippen LogP contribution >= 0.6 is 0 Å². The Hall–Kier alpha value is -1.35. The Morgan fingerprint density at radius 2 is 2.08 bits per heavy atom. The number of quaternary nitrogens is 1. The number of amides is 1. The van der Waals surface area contributed by atoms with Gasteiger partial charge in [0.15, 0.2) is 6.04 Å². The van der Waals surface area contributed by atoms with Crippen LogP contribution in [-0.4, -0.2) is 13.0 Å². The fraction of sp³-hybridized carbons (Fsp3) is 0.222. The molecule has 0 radical (unpaired) electrons. The van der Waals surface area contributed by atoms with Crippen LogP contribution in [0.25, 0.3) is 0 Å². The predicted octanol–water partition coefficient (Wildman–Crippen LogP) is -0.0540. The molecule has 1 aliphatic rings. The van der Waals surface area contributed by atoms with E-state index >= 15 is 0 Å². The molecule has 0 unspecified atom stereocenters. The summed E-state index contributed by atoms with van der Waals surface area (Å²) in [5, 5.41) is 0. The van der Waals surface area contributed by atoms with Crippen LogP contribution in [0, 0.1) is 0 Å². The molecular weight excluding hydrogens is 152 g/mol. The molecule has 3 heteroatoms. The summed E-state index contributed by atoms with van der Waals surface area (Å²) in [5.74, 6) is 0.0798. The van der Waals surface area contributed by atoms with E-state index < -0.39 is 0 Å². The Morgan fingerprint density at radius 3 is 2.75 bits per heavy atom. The van der Waals surface area contributed by atoms with Gasteiger partial charge in [-0.25, -0.2) is 0 Å². The molecule has 1 aliphatic heterocycles. The average molecular weight is 163 g/mol. The van der Waals surface area contributed by atoms with Crippen LogP contribution in [0.4, 0.5) is 5.69 Å². The van der Waals surface area contributed by atoms with Crippen molar-refractivity contribution in [3.63, 3.8) is 0 Å². The number of fused-ring (bicyclic) bond motifs is 1. The number of anilines is 1. The highest BCUT2D eigenvalue weighted by atomic mass is 16.2. The van der Waals surface area contributed by atoms with Crippen LogP contribution in [0.15, 0.2) is 24.3 Å². The van der Waals surface area contributed by atoms with Crippen LogP contribution in [-0.2, 0) is 4.79 Å². The number of carbonyl (C=O) groups is 1. The molecular formula is C9H11N2O+. The third-order valence-corrected chi connectivity index (χ3v) is 2.30. The number of benzene rings is 1. The molecule has 3 nitrogen and oxygen atoms in total. The summed E-state index contributed by atoms with van der Waals surface area (Å²) in [6, 6.07) is 7.54. The van der Waals surface area contributed by atoms with Crippen LogP contribution in [0.3, 0.4) is 0 Å². The number of hydrogen-bond acceptors (Lipinski definition) is 1. The van der Waals surface area contributed by atoms with Crippen molar-refractivity contribution in [1.82, 2.24) is 0 Å². The van der Waals surface area contributed by atoms with Gasteiger partial charge in [-0.1, -0.05) is 18.2 Å². The second kappa shape index (κ2) is 2.32. The molecule has 2 rings (SSSR count). The van der Waals surface area contributed by atoms with Gasteiger partial charge in [0.2, 0.25) is 0 Å². The molecule has 0 aromatic heterocycles. The first-order valence-corrected chi connectivity index (χ1v) is 3.91. The first kappa shape index (κ1) is 7.31. The average Bonchev–Trinajstić information content (AvgIpc) is 2.33. The molecule has 1 amide bonds. The molecule has 1 aromatic carbocycles. The van der Waals surface area contributed by atoms with Gasteiger partial charge in [0.1, 0.15) is 0 Å². The largest absolute Gasteiger partial charge is 0.343 e. The second-order valence-corrected chi connectivity index (χ2v) is 3.01. The molecule has 1 atom stereocenters. The zero-order valence-corrected chi connectivity index (χ0v) is 6.95. The number of rotatable bonds is 0. The van der Waals surface area contributed by atoms with E-state index in [9.17, 15) is 4.79 Å². The van der Waals surface area contributed by atoms with E-state index in [0.29, 0.717) is 0 Å². The summed E-state index contributed by atoms with van der Waals surface area (Å²) in [4.78, 5) is 13.1. The van der Waals surface area contributed by atoms with Gasteiger partial charge in [0.25, 0.3) is 5.91 Å². The van der Waals surface area contributed by atoms with Gasteiger partial charge < -0.3 is 10.6 Å². The van der Waals surface area contributed by atoms with Crippen molar-refractivity contribution in [2.75, 3.05) is 11.9 Å². The Kier molecular flexibility index (Phi) is 1.41. The SMILES string of the molecule is CN1C(=O)[C@H]([NH3+])c2ccccc21. The van der Waals surface area contributed by atoms with Gasteiger partial charge in [0, 0.05) is 12.6 Å². The minimum absolute atomic E-state index is 0.0798. The molecule has 0 saturated heterocycles. The Morgan fingerprint density at radius 1 is 1.42 bits per heavy atom. The maximum Gasteiger partial charge on any atom is 0.289 e. The lowest BCUT2D eigenvalue weighted by atomic mass is 10.1. The fourth-order valence-corrected chi connectivity index (χ4v) is 1.57. The number of likely N-dealkylation sites (N-methyl/N-ethyl adjacent to an activating group) is 1. The lowest BCUT2D eigenvalue weighted by Gasteiger charge is -2.07. The van der Waals surface area contributed by atoms with E-state index in [1.807, 2.05) is 24.3 Å². The monoisotopic (exact) mass is 163 g/mol. The molecule has 0 spiro atoms. The van der Waals surface area contributed by atoms with Gasteiger partial charge in [0.05, 0.1) is 5.69 Å². The fourth-order valence-electron chi connectivity index (χ4n) is 1.57. The van der Waals surface area contributed by atoms with Gasteiger partial charge >= 0.3 is 0 Å². The number of nitrogens with zero attached hydrogens (tertiary/aromatic N) is 1. The van der Waals surface area contributed by atoms with Gasteiger partial charge in [-0.05, 0) is 6.07 Å². The lowest BCUT2D eigenvalue weighted by Crippen LogP contribution is -2.57. The highest BCUT2D eigenvalue weighted by Crippen LogP contribution is 2.31. The zero-order chi connectivity index (χ0) is 8.72. The Bertz CT molecular complexity index is 304. The smallest absolute Gasteiger partial charge is 0.289 e. The number of hydrogen-bond donors (Lipinski definition) is 1. The first-order chi connectivity index (χ1) is 5.72. The minimum Gasteiger partial charge on any atom is -0.343 e. The molecule has 1 heterocycles. The summed E-state index contributed by atoms with van der Waals surface area (Å²) < 4.78 is 0. The van der Waals surface area contributed by atoms with Gasteiger partial charge in [-0.15, -0.1) is 0 Å². The van der Waals surface area contributed by atoms with E-state index in [0.717, 1.165) is 11.3 Å². The van der Waals surface area contributed by atoms with Crippen LogP contribution in [0.5, 0.6) is 0 Å². The van der Waals surface area contributed by atoms with Crippen LogP contribution in [0.1, 0.15) is 11.6 Å². The van der Waals surface area contributed by atoms with Gasteiger partial charge in [-0.3, -0.25) is 4.79 Å². The van der Waals surface area contributed by atoms with Crippen molar-refractivity contribution < 1.29 is 10.5 Å². The number of carbonyl (C=O) groups excluding carboxylic acids is 1. The van der Waals surface area contributed by atoms with E-state index in [1.165, 1.54) is 0 Å². The van der Waals surface area contributed by atoms with Crippen molar-refractivity contribution in [1.29, 1.82) is 0 Å². The summed E-state index contributed by atoms with van der Waals surface area (Å²) >= 11 is 0. The van der Waals surface area contributed by atoms with Gasteiger partial charge in [-0.2, -0.15) is 0 Å². The molecule has 1 aromatic rings. The second-order valence-electron chi connectivity index (χ2n) is 3.01. The quantitative estimate of drug-likeness (QED) is 0.572. The first-order valence-electron chi connectivity index (χ1n) is 3.91. The third kappa shape index (κ3) is 0.769. The van der Waals surface area contributed by atoms with Crippen molar-refractivity contribution in [2.24, 2.45) is 0 Å². The summed E-state index contributed by atoms with van der Waals surface area (Å²) in [6.45, 7) is 0. The summed E-state index contributed by atoms with van der Waals surface area (Å²) in [6.07, 6.45) is 0. The molecule has 0 fully saturated rings. The molecule has 3 N–H and O–H groups in total. The predicted molar refractivity (Wildman–Crippen MR) is 45.5 cm³/mol. The maximum atomic E-state index is 11.4. The molecule has 62 valence electrons. The maximum absolute atomic E-state index is 11.4. The van der Waals surface area contributed by atoms with E-state index in [1.54, 1.807) is 11.9 Å².